The molecule has 0 aliphatic carbocycles. The van der Waals surface area contributed by atoms with Gasteiger partial charge in [0.15, 0.2) is 0 Å². The summed E-state index contributed by atoms with van der Waals surface area (Å²) in [6.07, 6.45) is 3.29. The van der Waals surface area contributed by atoms with Crippen LogP contribution in [-0.4, -0.2) is 40.9 Å². The molecular weight excluding hydrogens is 196 g/mol. The number of thioether (sulfide) groups is 1. The predicted octanol–water partition coefficient (Wildman–Crippen LogP) is 0.854. The van der Waals surface area contributed by atoms with E-state index < -0.39 is 0 Å². The van der Waals surface area contributed by atoms with Crippen LogP contribution in [0.15, 0.2) is 12.2 Å². The molecule has 1 aliphatic heterocycles. The molecule has 14 heavy (non-hydrogen) atoms. The number of carbonyl (C=O) groups excluding carboxylic acids is 1. The lowest BCUT2D eigenvalue weighted by Crippen LogP contribution is -2.43. The van der Waals surface area contributed by atoms with Crippen molar-refractivity contribution in [2.45, 2.75) is 24.3 Å². The van der Waals surface area contributed by atoms with Gasteiger partial charge in [0.05, 0.1) is 0 Å². The summed E-state index contributed by atoms with van der Waals surface area (Å²) in [6.45, 7) is 6.45. The first-order valence-electron chi connectivity index (χ1n) is 4.94. The Kier molecular flexibility index (Phi) is 4.48. The highest BCUT2D eigenvalue weighted by Gasteiger charge is 2.24. The predicted molar refractivity (Wildman–Crippen MR) is 61.3 cm³/mol. The smallest absolute Gasteiger partial charge is 0.246 e. The van der Waals surface area contributed by atoms with Gasteiger partial charge in [0.1, 0.15) is 0 Å². The fourth-order valence-corrected chi connectivity index (χ4v) is 2.96. The Labute approximate surface area is 89.7 Å². The zero-order valence-electron chi connectivity index (χ0n) is 8.77. The normalized spacial score (nSPS) is 28.4. The molecule has 0 radical (unpaired) electrons. The van der Waals surface area contributed by atoms with Crippen LogP contribution in [0.5, 0.6) is 0 Å². The molecule has 1 aliphatic rings. The van der Waals surface area contributed by atoms with Crippen molar-refractivity contribution in [3.8, 4) is 0 Å². The van der Waals surface area contributed by atoms with E-state index in [1.54, 1.807) is 12.2 Å². The van der Waals surface area contributed by atoms with Crippen molar-refractivity contribution in [1.82, 2.24) is 4.90 Å². The minimum Gasteiger partial charge on any atom is -0.337 e. The molecule has 0 aromatic heterocycles. The minimum absolute atomic E-state index is 0.0921. The number of hydrogen-bond acceptors (Lipinski definition) is 3. The van der Waals surface area contributed by atoms with E-state index in [2.05, 4.69) is 13.8 Å². The maximum absolute atomic E-state index is 11.6. The van der Waals surface area contributed by atoms with E-state index in [0.29, 0.717) is 17.0 Å². The lowest BCUT2D eigenvalue weighted by molar-refractivity contribution is -0.126. The number of amides is 1. The summed E-state index contributed by atoms with van der Waals surface area (Å²) >= 11 is 1.94. The molecule has 0 bridgehead atoms. The zero-order valence-corrected chi connectivity index (χ0v) is 9.59. The van der Waals surface area contributed by atoms with Crippen molar-refractivity contribution < 1.29 is 4.79 Å². The largest absolute Gasteiger partial charge is 0.337 e. The fraction of sp³-hybridized carbons (Fsp3) is 0.700. The average molecular weight is 214 g/mol. The number of carbonyl (C=O) groups is 1. The molecule has 4 heteroatoms. The Morgan fingerprint density at radius 1 is 1.50 bits per heavy atom. The highest BCUT2D eigenvalue weighted by Crippen LogP contribution is 2.24. The van der Waals surface area contributed by atoms with E-state index in [0.717, 1.165) is 13.1 Å². The molecule has 0 aromatic carbocycles. The van der Waals surface area contributed by atoms with E-state index in [-0.39, 0.29) is 5.91 Å². The lowest BCUT2D eigenvalue weighted by Gasteiger charge is -2.33. The summed E-state index contributed by atoms with van der Waals surface area (Å²) < 4.78 is 0. The molecule has 1 fully saturated rings. The van der Waals surface area contributed by atoms with E-state index in [9.17, 15) is 4.79 Å². The molecule has 2 atom stereocenters. The first kappa shape index (κ1) is 11.6. The SMILES string of the molecule is CC1CN(C(=O)/C=C/CN)CC(C)S1. The van der Waals surface area contributed by atoms with E-state index in [4.69, 9.17) is 5.73 Å². The standard InChI is InChI=1S/C10H18N2OS/c1-8-6-12(7-9(2)14-8)10(13)4-3-5-11/h3-4,8-9H,5-7,11H2,1-2H3/b4-3+. The minimum atomic E-state index is 0.0921. The highest BCUT2D eigenvalue weighted by molar-refractivity contribution is 8.00. The summed E-state index contributed by atoms with van der Waals surface area (Å²) in [5, 5.41) is 1.07. The molecule has 1 amide bonds. The Bertz CT molecular complexity index is 220. The molecule has 1 saturated heterocycles. The second-order valence-corrected chi connectivity index (χ2v) is 5.52. The summed E-state index contributed by atoms with van der Waals surface area (Å²) in [5.74, 6) is 0.0921. The van der Waals surface area contributed by atoms with Crippen molar-refractivity contribution in [2.24, 2.45) is 5.73 Å². The van der Waals surface area contributed by atoms with Crippen LogP contribution in [0.25, 0.3) is 0 Å². The van der Waals surface area contributed by atoms with E-state index >= 15 is 0 Å². The van der Waals surface area contributed by atoms with Crippen molar-refractivity contribution >= 4 is 17.7 Å². The van der Waals surface area contributed by atoms with Crippen molar-refractivity contribution in [3.63, 3.8) is 0 Å². The van der Waals surface area contributed by atoms with Crippen LogP contribution in [0.4, 0.5) is 0 Å². The van der Waals surface area contributed by atoms with Crippen LogP contribution < -0.4 is 5.73 Å². The second-order valence-electron chi connectivity index (χ2n) is 3.64. The third-order valence-corrected chi connectivity index (χ3v) is 3.36. The Balaban J connectivity index is 2.50. The number of nitrogens with zero attached hydrogens (tertiary/aromatic N) is 1. The van der Waals surface area contributed by atoms with Crippen molar-refractivity contribution in [1.29, 1.82) is 0 Å². The fourth-order valence-electron chi connectivity index (χ4n) is 1.63. The van der Waals surface area contributed by atoms with Gasteiger partial charge in [-0.25, -0.2) is 0 Å². The van der Waals surface area contributed by atoms with E-state index in [1.165, 1.54) is 0 Å². The van der Waals surface area contributed by atoms with Crippen LogP contribution >= 0.6 is 11.8 Å². The van der Waals surface area contributed by atoms with Crippen LogP contribution in [0.1, 0.15) is 13.8 Å². The van der Waals surface area contributed by atoms with Crippen molar-refractivity contribution in [2.75, 3.05) is 19.6 Å². The van der Waals surface area contributed by atoms with Crippen LogP contribution in [-0.2, 0) is 4.79 Å². The third kappa shape index (κ3) is 3.35. The number of rotatable bonds is 2. The van der Waals surface area contributed by atoms with Crippen molar-refractivity contribution in [3.05, 3.63) is 12.2 Å². The monoisotopic (exact) mass is 214 g/mol. The molecule has 80 valence electrons. The Morgan fingerprint density at radius 2 is 2.07 bits per heavy atom. The second kappa shape index (κ2) is 5.41. The maximum Gasteiger partial charge on any atom is 0.246 e. The quantitative estimate of drug-likeness (QED) is 0.693. The van der Waals surface area contributed by atoms with Gasteiger partial charge in [0, 0.05) is 36.2 Å². The number of hydrogen-bond donors (Lipinski definition) is 1. The molecule has 0 saturated carbocycles. The van der Waals surface area contributed by atoms with Gasteiger partial charge in [-0.3, -0.25) is 4.79 Å². The van der Waals surface area contributed by atoms with Gasteiger partial charge in [-0.2, -0.15) is 11.8 Å². The molecule has 2 N–H and O–H groups in total. The van der Waals surface area contributed by atoms with Crippen LogP contribution in [0.2, 0.25) is 0 Å². The maximum atomic E-state index is 11.6. The van der Waals surface area contributed by atoms with Gasteiger partial charge in [0.2, 0.25) is 5.91 Å². The van der Waals surface area contributed by atoms with Gasteiger partial charge in [-0.05, 0) is 0 Å². The number of nitrogens with two attached hydrogens (primary N) is 1. The molecule has 1 heterocycles. The molecule has 0 aromatic rings. The van der Waals surface area contributed by atoms with Gasteiger partial charge in [-0.1, -0.05) is 19.9 Å². The summed E-state index contributed by atoms with van der Waals surface area (Å²) in [4.78, 5) is 13.5. The van der Waals surface area contributed by atoms with E-state index in [1.807, 2.05) is 16.7 Å². The average Bonchev–Trinajstić information content (AvgIpc) is 2.12. The first-order valence-corrected chi connectivity index (χ1v) is 5.88. The Morgan fingerprint density at radius 3 is 2.57 bits per heavy atom. The van der Waals surface area contributed by atoms with Gasteiger partial charge < -0.3 is 10.6 Å². The zero-order chi connectivity index (χ0) is 10.6. The molecule has 1 rings (SSSR count). The molecule has 2 unspecified atom stereocenters. The topological polar surface area (TPSA) is 46.3 Å². The summed E-state index contributed by atoms with van der Waals surface area (Å²) in [5.41, 5.74) is 5.30. The van der Waals surface area contributed by atoms with Crippen LogP contribution in [0, 0.1) is 0 Å². The van der Waals surface area contributed by atoms with Crippen LogP contribution in [0.3, 0.4) is 0 Å². The lowest BCUT2D eigenvalue weighted by atomic mass is 10.3. The van der Waals surface area contributed by atoms with Gasteiger partial charge in [-0.15, -0.1) is 0 Å². The summed E-state index contributed by atoms with van der Waals surface area (Å²) in [7, 11) is 0. The third-order valence-electron chi connectivity index (χ3n) is 2.13. The van der Waals surface area contributed by atoms with Gasteiger partial charge >= 0.3 is 0 Å². The summed E-state index contributed by atoms with van der Waals surface area (Å²) in [6, 6.07) is 0. The van der Waals surface area contributed by atoms with Gasteiger partial charge in [0.25, 0.3) is 0 Å². The molecule has 0 spiro atoms. The molecular formula is C10H18N2OS. The molecule has 3 nitrogen and oxygen atoms in total. The first-order chi connectivity index (χ1) is 6.63. The highest BCUT2D eigenvalue weighted by atomic mass is 32.2. The Hall–Kier alpha value is -0.480.